The lowest BCUT2D eigenvalue weighted by Gasteiger charge is -2.05. The van der Waals surface area contributed by atoms with E-state index < -0.39 is 0 Å². The molecule has 3 N–H and O–H groups in total. The molecule has 1 amide bonds. The third-order valence-corrected chi connectivity index (χ3v) is 3.91. The second-order valence-electron chi connectivity index (χ2n) is 5.13. The number of thioether (sulfide) groups is 1. The molecule has 0 spiro atoms. The van der Waals surface area contributed by atoms with Gasteiger partial charge >= 0.3 is 0 Å². The molecule has 0 fully saturated rings. The van der Waals surface area contributed by atoms with Crippen molar-refractivity contribution < 1.29 is 9.21 Å². The van der Waals surface area contributed by atoms with Gasteiger partial charge in [0.1, 0.15) is 6.26 Å². The first-order chi connectivity index (χ1) is 10.2. The van der Waals surface area contributed by atoms with Crippen LogP contribution in [0.4, 0.5) is 0 Å². The van der Waals surface area contributed by atoms with E-state index in [2.05, 4.69) is 17.2 Å². The van der Waals surface area contributed by atoms with Crippen molar-refractivity contribution in [1.29, 1.82) is 0 Å². The topological polar surface area (TPSA) is 81.2 Å². The lowest BCUT2D eigenvalue weighted by Crippen LogP contribution is -2.25. The fraction of sp³-hybridized carbons (Fsp3) is 0.733. The van der Waals surface area contributed by atoms with Crippen molar-refractivity contribution in [3.63, 3.8) is 0 Å². The lowest BCUT2D eigenvalue weighted by atomic mass is 10.1. The Hall–Kier alpha value is -1.01. The number of aromatic nitrogens is 1. The molecule has 1 heterocycles. The number of carbonyl (C=O) groups is 1. The number of hydrogen-bond donors (Lipinski definition) is 2. The van der Waals surface area contributed by atoms with Crippen molar-refractivity contribution in [3.8, 4) is 0 Å². The standard InChI is InChI=1S/C15H27N3O2S/c1-3-4-5-6-7-9-17-14(19)13-11-20-15(18-13)12(16)8-10-21-2/h11-12H,3-10,16H2,1-2H3,(H,17,19). The van der Waals surface area contributed by atoms with Crippen LogP contribution in [0.5, 0.6) is 0 Å². The van der Waals surface area contributed by atoms with Crippen LogP contribution in [0.2, 0.25) is 0 Å². The van der Waals surface area contributed by atoms with Crippen LogP contribution in [0.1, 0.15) is 67.9 Å². The Labute approximate surface area is 131 Å². The molecule has 0 saturated carbocycles. The molecule has 1 aromatic rings. The van der Waals surface area contributed by atoms with Crippen LogP contribution in [0.15, 0.2) is 10.7 Å². The van der Waals surface area contributed by atoms with E-state index >= 15 is 0 Å². The third-order valence-electron chi connectivity index (χ3n) is 3.27. The fourth-order valence-electron chi connectivity index (χ4n) is 1.95. The van der Waals surface area contributed by atoms with Crippen LogP contribution in [0, 0.1) is 0 Å². The first-order valence-corrected chi connectivity index (χ1v) is 9.06. The minimum Gasteiger partial charge on any atom is -0.446 e. The molecular formula is C15H27N3O2S. The molecule has 1 rings (SSSR count). The highest BCUT2D eigenvalue weighted by Gasteiger charge is 2.16. The number of nitrogens with one attached hydrogen (secondary N) is 1. The molecule has 0 aliphatic heterocycles. The van der Waals surface area contributed by atoms with E-state index in [1.807, 2.05) is 6.26 Å². The number of hydrogen-bond acceptors (Lipinski definition) is 5. The molecule has 0 aromatic carbocycles. The highest BCUT2D eigenvalue weighted by atomic mass is 32.2. The number of nitrogens with two attached hydrogens (primary N) is 1. The summed E-state index contributed by atoms with van der Waals surface area (Å²) < 4.78 is 5.30. The van der Waals surface area contributed by atoms with Crippen molar-refractivity contribution >= 4 is 17.7 Å². The van der Waals surface area contributed by atoms with E-state index in [1.54, 1.807) is 11.8 Å². The maximum Gasteiger partial charge on any atom is 0.273 e. The van der Waals surface area contributed by atoms with Crippen LogP contribution in [-0.4, -0.2) is 29.4 Å². The number of carbonyl (C=O) groups excluding carboxylic acids is 1. The Morgan fingerprint density at radius 2 is 2.19 bits per heavy atom. The van der Waals surface area contributed by atoms with Gasteiger partial charge in [0.25, 0.3) is 5.91 Å². The average molecular weight is 313 g/mol. The van der Waals surface area contributed by atoms with Gasteiger partial charge < -0.3 is 15.5 Å². The summed E-state index contributed by atoms with van der Waals surface area (Å²) >= 11 is 1.73. The van der Waals surface area contributed by atoms with Gasteiger partial charge in [-0.2, -0.15) is 11.8 Å². The Bertz CT molecular complexity index is 409. The van der Waals surface area contributed by atoms with Crippen molar-refractivity contribution in [2.75, 3.05) is 18.6 Å². The van der Waals surface area contributed by atoms with Gasteiger partial charge in [0.15, 0.2) is 5.69 Å². The van der Waals surface area contributed by atoms with E-state index in [-0.39, 0.29) is 11.9 Å². The molecule has 0 radical (unpaired) electrons. The lowest BCUT2D eigenvalue weighted by molar-refractivity contribution is 0.0948. The number of oxazole rings is 1. The number of rotatable bonds is 11. The summed E-state index contributed by atoms with van der Waals surface area (Å²) in [6.07, 6.45) is 10.1. The van der Waals surface area contributed by atoms with Gasteiger partial charge in [-0.3, -0.25) is 4.79 Å². The van der Waals surface area contributed by atoms with Crippen molar-refractivity contribution in [3.05, 3.63) is 17.8 Å². The van der Waals surface area contributed by atoms with E-state index in [0.29, 0.717) is 18.1 Å². The summed E-state index contributed by atoms with van der Waals surface area (Å²) in [5.41, 5.74) is 6.28. The zero-order valence-corrected chi connectivity index (χ0v) is 13.9. The molecule has 5 nitrogen and oxygen atoms in total. The van der Waals surface area contributed by atoms with E-state index in [1.165, 1.54) is 25.5 Å². The number of unbranched alkanes of at least 4 members (excludes halogenated alkanes) is 4. The van der Waals surface area contributed by atoms with Gasteiger partial charge in [-0.25, -0.2) is 4.98 Å². The summed E-state index contributed by atoms with van der Waals surface area (Å²) in [5, 5.41) is 2.86. The minimum atomic E-state index is -0.243. The van der Waals surface area contributed by atoms with Gasteiger partial charge in [0.05, 0.1) is 6.04 Å². The average Bonchev–Trinajstić information content (AvgIpc) is 2.98. The molecule has 0 bridgehead atoms. The molecule has 1 aromatic heterocycles. The van der Waals surface area contributed by atoms with Crippen molar-refractivity contribution in [2.24, 2.45) is 5.73 Å². The van der Waals surface area contributed by atoms with Crippen LogP contribution in [-0.2, 0) is 0 Å². The Morgan fingerprint density at radius 1 is 1.43 bits per heavy atom. The van der Waals surface area contributed by atoms with Crippen LogP contribution >= 0.6 is 11.8 Å². The summed E-state index contributed by atoms with van der Waals surface area (Å²) in [4.78, 5) is 16.1. The summed E-state index contributed by atoms with van der Waals surface area (Å²) in [6.45, 7) is 2.87. The van der Waals surface area contributed by atoms with Gasteiger partial charge in [0, 0.05) is 6.54 Å². The van der Waals surface area contributed by atoms with Gasteiger partial charge in [0.2, 0.25) is 5.89 Å². The van der Waals surface area contributed by atoms with E-state index in [9.17, 15) is 4.79 Å². The first kappa shape index (κ1) is 18.0. The van der Waals surface area contributed by atoms with Gasteiger partial charge in [-0.05, 0) is 24.9 Å². The summed E-state index contributed by atoms with van der Waals surface area (Å²) in [6, 6.07) is -0.243. The zero-order valence-electron chi connectivity index (χ0n) is 13.1. The quantitative estimate of drug-likeness (QED) is 0.613. The smallest absolute Gasteiger partial charge is 0.273 e. The molecule has 120 valence electrons. The minimum absolute atomic E-state index is 0.183. The van der Waals surface area contributed by atoms with Gasteiger partial charge in [-0.15, -0.1) is 0 Å². The predicted molar refractivity (Wildman–Crippen MR) is 87.5 cm³/mol. The van der Waals surface area contributed by atoms with Crippen molar-refractivity contribution in [1.82, 2.24) is 10.3 Å². The zero-order chi connectivity index (χ0) is 15.5. The third kappa shape index (κ3) is 7.00. The summed E-state index contributed by atoms with van der Waals surface area (Å²) in [7, 11) is 0. The maximum absolute atomic E-state index is 11.9. The van der Waals surface area contributed by atoms with Crippen LogP contribution in [0.25, 0.3) is 0 Å². The summed E-state index contributed by atoms with van der Waals surface area (Å²) in [5.74, 6) is 1.21. The number of nitrogens with zero attached hydrogens (tertiary/aromatic N) is 1. The highest BCUT2D eigenvalue weighted by molar-refractivity contribution is 7.98. The molecule has 21 heavy (non-hydrogen) atoms. The fourth-order valence-corrected chi connectivity index (χ4v) is 2.44. The highest BCUT2D eigenvalue weighted by Crippen LogP contribution is 2.15. The molecular weight excluding hydrogens is 286 g/mol. The van der Waals surface area contributed by atoms with Gasteiger partial charge in [-0.1, -0.05) is 32.6 Å². The Kier molecular flexibility index (Phi) is 9.17. The second-order valence-corrected chi connectivity index (χ2v) is 6.11. The predicted octanol–water partition coefficient (Wildman–Crippen LogP) is 3.13. The first-order valence-electron chi connectivity index (χ1n) is 7.67. The largest absolute Gasteiger partial charge is 0.446 e. The Balaban J connectivity index is 2.29. The molecule has 6 heteroatoms. The molecule has 0 aliphatic rings. The molecule has 1 unspecified atom stereocenters. The number of amides is 1. The molecule has 0 aliphatic carbocycles. The van der Waals surface area contributed by atoms with Crippen LogP contribution in [0.3, 0.4) is 0 Å². The Morgan fingerprint density at radius 3 is 2.90 bits per heavy atom. The van der Waals surface area contributed by atoms with E-state index in [4.69, 9.17) is 10.2 Å². The monoisotopic (exact) mass is 313 g/mol. The van der Waals surface area contributed by atoms with Crippen molar-refractivity contribution in [2.45, 2.75) is 51.5 Å². The SMILES string of the molecule is CCCCCCCNC(=O)c1coc(C(N)CCSC)n1. The van der Waals surface area contributed by atoms with Crippen LogP contribution < -0.4 is 11.1 Å². The normalized spacial score (nSPS) is 12.3. The van der Waals surface area contributed by atoms with E-state index in [0.717, 1.165) is 25.0 Å². The second kappa shape index (κ2) is 10.7. The molecule has 1 atom stereocenters. The maximum atomic E-state index is 11.9. The molecule has 0 saturated heterocycles.